The third kappa shape index (κ3) is 8.46. The molecule has 0 aliphatic heterocycles. The van der Waals surface area contributed by atoms with Crippen LogP contribution in [-0.2, 0) is 11.2 Å². The average molecular weight is 465 g/mol. The van der Waals surface area contributed by atoms with Gasteiger partial charge in [-0.15, -0.1) is 0 Å². The highest BCUT2D eigenvalue weighted by molar-refractivity contribution is 7.98. The fourth-order valence-corrected chi connectivity index (χ4v) is 3.68. The van der Waals surface area contributed by atoms with Gasteiger partial charge in [-0.25, -0.2) is 4.40 Å². The summed E-state index contributed by atoms with van der Waals surface area (Å²) >= 11 is 1.41. The summed E-state index contributed by atoms with van der Waals surface area (Å²) in [6, 6.07) is 14.7. The number of aryl methyl sites for hydroxylation is 2. The molecule has 0 aliphatic rings. The van der Waals surface area contributed by atoms with Gasteiger partial charge in [0.05, 0.1) is 4.92 Å². The molecule has 0 bridgehead atoms. The highest BCUT2D eigenvalue weighted by Gasteiger charge is 2.15. The van der Waals surface area contributed by atoms with E-state index in [1.807, 2.05) is 44.3 Å². The van der Waals surface area contributed by atoms with E-state index >= 15 is 0 Å². The maximum absolute atomic E-state index is 13.2. The van der Waals surface area contributed by atoms with Crippen molar-refractivity contribution in [3.05, 3.63) is 92.6 Å². The molecular weight excluding hydrogens is 432 g/mol. The van der Waals surface area contributed by atoms with Crippen molar-refractivity contribution in [3.8, 4) is 0 Å². The van der Waals surface area contributed by atoms with Gasteiger partial charge >= 0.3 is 0 Å². The van der Waals surface area contributed by atoms with Gasteiger partial charge in [0.25, 0.3) is 5.69 Å². The van der Waals surface area contributed by atoms with Crippen LogP contribution in [0.3, 0.4) is 0 Å². The smallest absolute Gasteiger partial charge is 0.269 e. The Bertz CT molecular complexity index is 1070. The average Bonchev–Trinajstić information content (AvgIpc) is 2.80. The molecule has 0 atom stereocenters. The quantitative estimate of drug-likeness (QED) is 0.0862. The highest BCUT2D eigenvalue weighted by Crippen LogP contribution is 2.23. The molecule has 6 heteroatoms. The minimum Gasteiger partial charge on any atom is -0.294 e. The highest BCUT2D eigenvalue weighted by atomic mass is 32.2. The van der Waals surface area contributed by atoms with Gasteiger partial charge in [0.1, 0.15) is 0 Å². The summed E-state index contributed by atoms with van der Waals surface area (Å²) in [6.07, 6.45) is 5.28. The minimum atomic E-state index is -0.413. The number of allylic oxidation sites excluding steroid dienone is 4. The SMILES string of the molecule is CC/C(C=NSc1ccc(C)cc1)=C\C(C(=O)CCc1cccc([N+](=O)[O-])c1)=C(/C)C(C)C. The lowest BCUT2D eigenvalue weighted by Crippen LogP contribution is -2.08. The maximum atomic E-state index is 13.2. The predicted octanol–water partition coefficient (Wildman–Crippen LogP) is 7.49. The number of rotatable bonds is 11. The van der Waals surface area contributed by atoms with E-state index in [0.717, 1.165) is 28.0 Å². The van der Waals surface area contributed by atoms with Crippen LogP contribution >= 0.6 is 11.9 Å². The van der Waals surface area contributed by atoms with Gasteiger partial charge in [-0.1, -0.05) is 56.2 Å². The van der Waals surface area contributed by atoms with Crippen molar-refractivity contribution in [3.63, 3.8) is 0 Å². The lowest BCUT2D eigenvalue weighted by atomic mass is 9.92. The number of carbonyl (C=O) groups excluding carboxylic acids is 1. The van der Waals surface area contributed by atoms with Crippen LogP contribution in [0.15, 0.2) is 80.6 Å². The Morgan fingerprint density at radius 2 is 1.88 bits per heavy atom. The van der Waals surface area contributed by atoms with Crippen LogP contribution in [0.25, 0.3) is 0 Å². The molecule has 2 aromatic rings. The first-order chi connectivity index (χ1) is 15.7. The van der Waals surface area contributed by atoms with Crippen LogP contribution < -0.4 is 0 Å². The molecule has 0 heterocycles. The molecule has 0 saturated carbocycles. The molecule has 0 unspecified atom stereocenters. The van der Waals surface area contributed by atoms with Crippen LogP contribution in [-0.4, -0.2) is 16.9 Å². The van der Waals surface area contributed by atoms with Gasteiger partial charge in [0.2, 0.25) is 0 Å². The summed E-state index contributed by atoms with van der Waals surface area (Å²) < 4.78 is 4.50. The van der Waals surface area contributed by atoms with Crippen molar-refractivity contribution in [2.75, 3.05) is 0 Å². The molecule has 0 spiro atoms. The standard InChI is InChI=1S/C27H32N2O3S/c1-6-22(18-28-33-25-13-10-20(4)11-14-25)17-26(21(5)19(2)3)27(30)15-12-23-8-7-9-24(16-23)29(31)32/h7-11,13-14,16-19H,6,12,15H2,1-5H3/b22-17+,26-21-,28-18?. The fourth-order valence-electron chi connectivity index (χ4n) is 3.11. The summed E-state index contributed by atoms with van der Waals surface area (Å²) in [5, 5.41) is 11.0. The van der Waals surface area contributed by atoms with Crippen molar-refractivity contribution < 1.29 is 9.72 Å². The molecule has 0 saturated heterocycles. The van der Waals surface area contributed by atoms with Crippen molar-refractivity contribution in [2.45, 2.75) is 58.8 Å². The lowest BCUT2D eigenvalue weighted by Gasteiger charge is -2.12. The Morgan fingerprint density at radius 1 is 1.18 bits per heavy atom. The van der Waals surface area contributed by atoms with Crippen molar-refractivity contribution in [1.82, 2.24) is 0 Å². The number of carbonyl (C=O) groups is 1. The van der Waals surface area contributed by atoms with E-state index < -0.39 is 4.92 Å². The first-order valence-electron chi connectivity index (χ1n) is 11.2. The topological polar surface area (TPSA) is 72.6 Å². The Hall–Kier alpha value is -2.99. The van der Waals surface area contributed by atoms with E-state index in [4.69, 9.17) is 0 Å². The summed E-state index contributed by atoms with van der Waals surface area (Å²) in [5.41, 5.74) is 4.76. The summed E-state index contributed by atoms with van der Waals surface area (Å²) in [5.74, 6) is 0.272. The number of nitro benzene ring substituents is 1. The first-order valence-corrected chi connectivity index (χ1v) is 11.9. The second-order valence-electron chi connectivity index (χ2n) is 8.31. The second kappa shape index (κ2) is 12.9. The molecule has 33 heavy (non-hydrogen) atoms. The largest absolute Gasteiger partial charge is 0.294 e. The van der Waals surface area contributed by atoms with Crippen molar-refractivity contribution in [1.29, 1.82) is 0 Å². The van der Waals surface area contributed by atoms with E-state index in [9.17, 15) is 14.9 Å². The van der Waals surface area contributed by atoms with E-state index in [1.165, 1.54) is 29.6 Å². The van der Waals surface area contributed by atoms with Crippen molar-refractivity contribution >= 4 is 29.6 Å². The zero-order chi connectivity index (χ0) is 24.4. The Kier molecular flexibility index (Phi) is 10.3. The van der Waals surface area contributed by atoms with Gasteiger partial charge in [-0.3, -0.25) is 14.9 Å². The Balaban J connectivity index is 2.18. The fraction of sp³-hybridized carbons (Fsp3) is 0.333. The molecule has 0 aromatic heterocycles. The third-order valence-corrected chi connectivity index (χ3v) is 6.18. The molecule has 0 amide bonds. The lowest BCUT2D eigenvalue weighted by molar-refractivity contribution is -0.384. The van der Waals surface area contributed by atoms with Crippen LogP contribution in [0.1, 0.15) is 51.7 Å². The summed E-state index contributed by atoms with van der Waals surface area (Å²) in [4.78, 5) is 24.8. The number of nitrogens with zero attached hydrogens (tertiary/aromatic N) is 2. The van der Waals surface area contributed by atoms with Gasteiger partial charge < -0.3 is 0 Å². The molecule has 0 aliphatic carbocycles. The van der Waals surface area contributed by atoms with Crippen molar-refractivity contribution in [2.24, 2.45) is 10.3 Å². The molecule has 2 rings (SSSR count). The number of non-ortho nitro benzene ring substituents is 1. The molecular formula is C27H32N2O3S. The third-order valence-electron chi connectivity index (χ3n) is 5.49. The number of hydrogen-bond donors (Lipinski definition) is 0. The maximum Gasteiger partial charge on any atom is 0.269 e. The zero-order valence-corrected chi connectivity index (χ0v) is 20.8. The molecule has 0 fully saturated rings. The Morgan fingerprint density at radius 3 is 2.48 bits per heavy atom. The van der Waals surface area contributed by atoms with Crippen LogP contribution in [0, 0.1) is 23.0 Å². The number of benzene rings is 2. The minimum absolute atomic E-state index is 0.0400. The van der Waals surface area contributed by atoms with Gasteiger partial charge in [-0.2, -0.15) is 0 Å². The summed E-state index contributed by atoms with van der Waals surface area (Å²) in [6.45, 7) is 10.2. The van der Waals surface area contributed by atoms with Gasteiger partial charge in [0.15, 0.2) is 5.78 Å². The van der Waals surface area contributed by atoms with Crippen LogP contribution in [0.4, 0.5) is 5.69 Å². The van der Waals surface area contributed by atoms with Gasteiger partial charge in [0, 0.05) is 47.2 Å². The van der Waals surface area contributed by atoms with E-state index in [1.54, 1.807) is 6.07 Å². The number of ketones is 1. The molecule has 0 radical (unpaired) electrons. The first kappa shape index (κ1) is 26.3. The van der Waals surface area contributed by atoms with Crippen LogP contribution in [0.5, 0.6) is 0 Å². The normalized spacial score (nSPS) is 12.8. The molecule has 0 N–H and O–H groups in total. The number of Topliss-reactive ketones (excluding diaryl/α,β-unsaturated/α-hetero) is 1. The molecule has 174 valence electrons. The van der Waals surface area contributed by atoms with E-state index in [2.05, 4.69) is 37.3 Å². The Labute approximate surface area is 201 Å². The predicted molar refractivity (Wildman–Crippen MR) is 138 cm³/mol. The number of nitro groups is 1. The number of hydrogen-bond acceptors (Lipinski definition) is 5. The zero-order valence-electron chi connectivity index (χ0n) is 20.0. The van der Waals surface area contributed by atoms with Gasteiger partial charge in [-0.05, 0) is 62.0 Å². The molecule has 5 nitrogen and oxygen atoms in total. The monoisotopic (exact) mass is 464 g/mol. The second-order valence-corrected chi connectivity index (χ2v) is 9.18. The van der Waals surface area contributed by atoms with Crippen LogP contribution in [0.2, 0.25) is 0 Å². The molecule has 2 aromatic carbocycles. The summed E-state index contributed by atoms with van der Waals surface area (Å²) in [7, 11) is 0. The van der Waals surface area contributed by atoms with E-state index in [0.29, 0.717) is 18.4 Å². The van der Waals surface area contributed by atoms with E-state index in [-0.39, 0.29) is 17.4 Å².